The molecule has 198 valence electrons. The van der Waals surface area contributed by atoms with E-state index in [-0.39, 0.29) is 33.9 Å². The molecule has 11 heteroatoms. The number of carbonyl (C=O) groups excluding carboxylic acids is 1. The number of benzene rings is 3. The Labute approximate surface area is 222 Å². The summed E-state index contributed by atoms with van der Waals surface area (Å²) in [5, 5.41) is 0. The average molecular weight is 558 g/mol. The number of nitrogens with zero attached hydrogens (tertiary/aromatic N) is 3. The third-order valence-electron chi connectivity index (χ3n) is 6.39. The number of halogens is 2. The second-order valence-corrected chi connectivity index (χ2v) is 11.7. The fraction of sp³-hybridized carbons (Fsp3) is 0.259. The molecule has 0 spiro atoms. The monoisotopic (exact) mass is 557 g/mol. The smallest absolute Gasteiger partial charge is 0.279 e. The average Bonchev–Trinajstić information content (AvgIpc) is 3.25. The Balaban J connectivity index is 1.43. The molecule has 0 saturated heterocycles. The van der Waals surface area contributed by atoms with Crippen molar-refractivity contribution in [2.75, 3.05) is 19.8 Å². The highest BCUT2D eigenvalue weighted by Gasteiger charge is 2.28. The van der Waals surface area contributed by atoms with Crippen molar-refractivity contribution in [3.05, 3.63) is 93.8 Å². The molecule has 0 bridgehead atoms. The molecule has 1 aliphatic heterocycles. The van der Waals surface area contributed by atoms with Gasteiger partial charge >= 0.3 is 0 Å². The highest BCUT2D eigenvalue weighted by atomic mass is 32.2. The van der Waals surface area contributed by atoms with Gasteiger partial charge in [-0.1, -0.05) is 35.6 Å². The van der Waals surface area contributed by atoms with Crippen LogP contribution in [-0.2, 0) is 34.3 Å². The van der Waals surface area contributed by atoms with E-state index in [1.165, 1.54) is 39.2 Å². The molecule has 1 amide bonds. The van der Waals surface area contributed by atoms with E-state index in [0.717, 1.165) is 28.5 Å². The lowest BCUT2D eigenvalue weighted by atomic mass is 10.0. The van der Waals surface area contributed by atoms with Crippen LogP contribution in [0.3, 0.4) is 0 Å². The van der Waals surface area contributed by atoms with Crippen LogP contribution in [0.5, 0.6) is 0 Å². The SMILES string of the molecule is CCOCCn1c(=NC(=O)c2ccc(S(=O)(=O)N3CCc4ccccc4C3)cc2)sc2cc(F)cc(F)c21. The second kappa shape index (κ2) is 10.9. The van der Waals surface area contributed by atoms with E-state index in [1.807, 2.05) is 31.2 Å². The predicted octanol–water partition coefficient (Wildman–Crippen LogP) is 4.51. The number of aromatic nitrogens is 1. The quantitative estimate of drug-likeness (QED) is 0.313. The van der Waals surface area contributed by atoms with Crippen LogP contribution in [-0.4, -0.2) is 43.0 Å². The lowest BCUT2D eigenvalue weighted by Crippen LogP contribution is -2.35. The fourth-order valence-corrected chi connectivity index (χ4v) is 6.98. The molecule has 0 radical (unpaired) electrons. The number of thiazole rings is 1. The molecule has 3 aromatic carbocycles. The van der Waals surface area contributed by atoms with E-state index in [0.29, 0.717) is 30.8 Å². The maximum absolute atomic E-state index is 14.6. The van der Waals surface area contributed by atoms with Crippen LogP contribution >= 0.6 is 11.3 Å². The van der Waals surface area contributed by atoms with Crippen molar-refractivity contribution in [2.45, 2.75) is 31.3 Å². The van der Waals surface area contributed by atoms with Crippen molar-refractivity contribution in [1.82, 2.24) is 8.87 Å². The summed E-state index contributed by atoms with van der Waals surface area (Å²) in [4.78, 5) is 17.4. The normalized spacial score (nSPS) is 14.7. The van der Waals surface area contributed by atoms with Gasteiger partial charge in [0, 0.05) is 37.9 Å². The first-order chi connectivity index (χ1) is 18.3. The molecular formula is C27H25F2N3O4S2. The minimum Gasteiger partial charge on any atom is -0.380 e. The van der Waals surface area contributed by atoms with E-state index in [2.05, 4.69) is 4.99 Å². The minimum absolute atomic E-state index is 0.0830. The van der Waals surface area contributed by atoms with Gasteiger partial charge in [0.15, 0.2) is 10.6 Å². The van der Waals surface area contributed by atoms with Crippen LogP contribution in [0.2, 0.25) is 0 Å². The van der Waals surface area contributed by atoms with Crippen molar-refractivity contribution >= 4 is 37.5 Å². The van der Waals surface area contributed by atoms with Gasteiger partial charge in [-0.3, -0.25) is 4.79 Å². The van der Waals surface area contributed by atoms with Crippen LogP contribution in [0, 0.1) is 11.6 Å². The summed E-state index contributed by atoms with van der Waals surface area (Å²) in [6.45, 7) is 3.44. The Bertz CT molecular complexity index is 1680. The Kier molecular flexibility index (Phi) is 7.53. The van der Waals surface area contributed by atoms with E-state index >= 15 is 0 Å². The van der Waals surface area contributed by atoms with Crippen LogP contribution in [0.4, 0.5) is 8.78 Å². The third-order valence-corrected chi connectivity index (χ3v) is 9.28. The molecule has 5 rings (SSSR count). The maximum Gasteiger partial charge on any atom is 0.279 e. The molecule has 0 saturated carbocycles. The number of hydrogen-bond donors (Lipinski definition) is 0. The number of ether oxygens (including phenoxy) is 1. The van der Waals surface area contributed by atoms with Gasteiger partial charge in [0.25, 0.3) is 5.91 Å². The summed E-state index contributed by atoms with van der Waals surface area (Å²) in [6, 6.07) is 15.4. The molecule has 0 atom stereocenters. The van der Waals surface area contributed by atoms with Crippen LogP contribution < -0.4 is 4.80 Å². The zero-order valence-corrected chi connectivity index (χ0v) is 22.2. The van der Waals surface area contributed by atoms with Crippen molar-refractivity contribution in [3.8, 4) is 0 Å². The molecule has 0 unspecified atom stereocenters. The molecule has 1 aromatic heterocycles. The van der Waals surface area contributed by atoms with E-state index in [1.54, 1.807) is 0 Å². The maximum atomic E-state index is 14.6. The van der Waals surface area contributed by atoms with Crippen molar-refractivity contribution in [3.63, 3.8) is 0 Å². The van der Waals surface area contributed by atoms with Gasteiger partial charge in [-0.05, 0) is 54.8 Å². The molecule has 0 N–H and O–H groups in total. The Morgan fingerprint density at radius 3 is 2.55 bits per heavy atom. The summed E-state index contributed by atoms with van der Waals surface area (Å²) in [5.41, 5.74) is 2.44. The third kappa shape index (κ3) is 5.19. The molecule has 0 aliphatic carbocycles. The zero-order chi connectivity index (χ0) is 26.9. The fourth-order valence-electron chi connectivity index (χ4n) is 4.47. The molecule has 38 heavy (non-hydrogen) atoms. The number of fused-ring (bicyclic) bond motifs is 2. The Hall–Kier alpha value is -3.25. The summed E-state index contributed by atoms with van der Waals surface area (Å²) in [6.07, 6.45) is 0.633. The van der Waals surface area contributed by atoms with Gasteiger partial charge in [0.05, 0.1) is 21.7 Å². The van der Waals surface area contributed by atoms with Crippen LogP contribution in [0.1, 0.15) is 28.4 Å². The first-order valence-electron chi connectivity index (χ1n) is 12.1. The largest absolute Gasteiger partial charge is 0.380 e. The molecule has 2 heterocycles. The highest BCUT2D eigenvalue weighted by Crippen LogP contribution is 2.26. The highest BCUT2D eigenvalue weighted by molar-refractivity contribution is 7.89. The van der Waals surface area contributed by atoms with Gasteiger partial charge in [-0.15, -0.1) is 0 Å². The number of rotatable bonds is 7. The van der Waals surface area contributed by atoms with E-state index < -0.39 is 27.6 Å². The zero-order valence-electron chi connectivity index (χ0n) is 20.6. The summed E-state index contributed by atoms with van der Waals surface area (Å²) in [7, 11) is -3.75. The van der Waals surface area contributed by atoms with Gasteiger partial charge in [0.2, 0.25) is 10.0 Å². The Morgan fingerprint density at radius 1 is 1.08 bits per heavy atom. The summed E-state index contributed by atoms with van der Waals surface area (Å²) in [5.74, 6) is -2.10. The molecular weight excluding hydrogens is 532 g/mol. The molecule has 7 nitrogen and oxygen atoms in total. The Morgan fingerprint density at radius 2 is 1.82 bits per heavy atom. The molecule has 0 fully saturated rings. The number of carbonyl (C=O) groups is 1. The number of hydrogen-bond acceptors (Lipinski definition) is 5. The van der Waals surface area contributed by atoms with Gasteiger partial charge in [0.1, 0.15) is 5.82 Å². The van der Waals surface area contributed by atoms with Crippen LogP contribution in [0.15, 0.2) is 70.6 Å². The first-order valence-corrected chi connectivity index (χ1v) is 14.4. The second-order valence-electron chi connectivity index (χ2n) is 8.77. The lowest BCUT2D eigenvalue weighted by Gasteiger charge is -2.28. The van der Waals surface area contributed by atoms with Crippen LogP contribution in [0.25, 0.3) is 10.2 Å². The van der Waals surface area contributed by atoms with Gasteiger partial charge in [-0.25, -0.2) is 17.2 Å². The van der Waals surface area contributed by atoms with Crippen molar-refractivity contribution < 1.29 is 26.7 Å². The topological polar surface area (TPSA) is 81.0 Å². The van der Waals surface area contributed by atoms with E-state index in [9.17, 15) is 22.0 Å². The molecule has 1 aliphatic rings. The number of amides is 1. The molecule has 4 aromatic rings. The van der Waals surface area contributed by atoms with Gasteiger partial charge < -0.3 is 9.30 Å². The first kappa shape index (κ1) is 26.4. The standard InChI is InChI=1S/C27H25F2N3O4S2/c1-2-36-14-13-32-25-23(29)15-21(28)16-24(25)37-27(32)30-26(33)19-7-9-22(10-8-19)38(34,35)31-12-11-18-5-3-4-6-20(18)17-31/h3-10,15-16H,2,11-14,17H2,1H3. The summed E-state index contributed by atoms with van der Waals surface area (Å²) >= 11 is 0.991. The lowest BCUT2D eigenvalue weighted by molar-refractivity contribution is 0.0996. The van der Waals surface area contributed by atoms with Gasteiger partial charge in [-0.2, -0.15) is 9.30 Å². The summed E-state index contributed by atoms with van der Waals surface area (Å²) < 4.78 is 63.5. The van der Waals surface area contributed by atoms with Crippen molar-refractivity contribution in [2.24, 2.45) is 4.99 Å². The number of sulfonamides is 1. The van der Waals surface area contributed by atoms with E-state index in [4.69, 9.17) is 4.74 Å². The van der Waals surface area contributed by atoms with Crippen molar-refractivity contribution in [1.29, 1.82) is 0 Å². The minimum atomic E-state index is -3.75. The predicted molar refractivity (Wildman–Crippen MR) is 140 cm³/mol.